The number of ketones is 1. The number of aromatic nitrogens is 1. The minimum Gasteiger partial charge on any atom is -0.300 e. The molecular formula is C30H47N3O. The largest absolute Gasteiger partial charge is 0.300 e. The highest BCUT2D eigenvalue weighted by Crippen LogP contribution is 2.21. The Kier molecular flexibility index (Phi) is 15.8. The van der Waals surface area contributed by atoms with Crippen LogP contribution in [-0.4, -0.2) is 41.5 Å². The van der Waals surface area contributed by atoms with Crippen molar-refractivity contribution < 1.29 is 4.79 Å². The van der Waals surface area contributed by atoms with E-state index in [2.05, 4.69) is 71.2 Å². The van der Waals surface area contributed by atoms with Gasteiger partial charge in [0.2, 0.25) is 0 Å². The first-order chi connectivity index (χ1) is 16.6. The maximum atomic E-state index is 11.2. The van der Waals surface area contributed by atoms with Gasteiger partial charge in [0, 0.05) is 43.5 Å². The maximum Gasteiger partial charge on any atom is 0.133 e. The standard InChI is InChI=1S/C15H23N.C13H18N2O.C2H6/c1-4-9-13(10-5-2)15(16-3)14-11-7-6-8-12-14;1-11(16)13-4-8-15(9-5-13)10-12-2-6-14-7-3-12;1-2/h6-8,11-13H,4-5,9-10H2,1-3H3;2-3,6-7,13H,4-5,8-10H2,1H3;1-2H3. The number of rotatable bonds is 9. The lowest BCUT2D eigenvalue weighted by atomic mass is 9.89. The van der Waals surface area contributed by atoms with Gasteiger partial charge in [-0.25, -0.2) is 0 Å². The second-order valence-electron chi connectivity index (χ2n) is 8.77. The van der Waals surface area contributed by atoms with Gasteiger partial charge in [0.15, 0.2) is 0 Å². The zero-order valence-electron chi connectivity index (χ0n) is 22.5. The zero-order valence-corrected chi connectivity index (χ0v) is 22.5. The predicted molar refractivity (Wildman–Crippen MR) is 146 cm³/mol. The van der Waals surface area contributed by atoms with Gasteiger partial charge in [-0.15, -0.1) is 0 Å². The summed E-state index contributed by atoms with van der Waals surface area (Å²) in [5, 5.41) is 0. The molecule has 4 heteroatoms. The van der Waals surface area contributed by atoms with Crippen molar-refractivity contribution in [2.75, 3.05) is 20.1 Å². The summed E-state index contributed by atoms with van der Waals surface area (Å²) in [6.45, 7) is 13.3. The number of likely N-dealkylation sites (tertiary alicyclic amines) is 1. The van der Waals surface area contributed by atoms with Crippen LogP contribution in [-0.2, 0) is 11.3 Å². The molecule has 0 spiro atoms. The molecule has 1 saturated heterocycles. The fraction of sp³-hybridized carbons (Fsp3) is 0.567. The minimum absolute atomic E-state index is 0.300. The number of Topliss-reactive ketones (excluding diaryl/α,β-unsaturated/α-hetero) is 1. The summed E-state index contributed by atoms with van der Waals surface area (Å²) in [7, 11) is 1.92. The van der Waals surface area contributed by atoms with Crippen molar-refractivity contribution in [3.05, 3.63) is 66.0 Å². The molecular weight excluding hydrogens is 418 g/mol. The van der Waals surface area contributed by atoms with Crippen LogP contribution >= 0.6 is 0 Å². The third kappa shape index (κ3) is 10.7. The predicted octanol–water partition coefficient (Wildman–Crippen LogP) is 7.23. The van der Waals surface area contributed by atoms with Gasteiger partial charge in [0.1, 0.15) is 5.78 Å². The van der Waals surface area contributed by atoms with E-state index in [1.807, 2.05) is 33.3 Å². The molecule has 0 amide bonds. The lowest BCUT2D eigenvalue weighted by Gasteiger charge is -2.30. The SMILES string of the molecule is CC.CC(=O)C1CCN(Cc2ccncc2)CC1.CCCC(CCC)C(=NC)c1ccccc1. The van der Waals surface area contributed by atoms with E-state index in [0.717, 1.165) is 32.5 Å². The number of carbonyl (C=O) groups excluding carboxylic acids is 1. The highest BCUT2D eigenvalue weighted by molar-refractivity contribution is 6.02. The summed E-state index contributed by atoms with van der Waals surface area (Å²) in [5.41, 5.74) is 3.87. The highest BCUT2D eigenvalue weighted by Gasteiger charge is 2.22. The summed E-state index contributed by atoms with van der Waals surface area (Å²) in [4.78, 5) is 22.2. The molecule has 0 atom stereocenters. The summed E-state index contributed by atoms with van der Waals surface area (Å²) in [6.07, 6.45) is 10.6. The topological polar surface area (TPSA) is 45.6 Å². The maximum absolute atomic E-state index is 11.2. The summed E-state index contributed by atoms with van der Waals surface area (Å²) < 4.78 is 0. The van der Waals surface area contributed by atoms with Crippen molar-refractivity contribution in [1.29, 1.82) is 0 Å². The Morgan fingerprint density at radius 2 is 1.56 bits per heavy atom. The van der Waals surface area contributed by atoms with E-state index in [1.165, 1.54) is 42.5 Å². The highest BCUT2D eigenvalue weighted by atomic mass is 16.1. The number of hydrogen-bond donors (Lipinski definition) is 0. The normalized spacial score (nSPS) is 14.6. The van der Waals surface area contributed by atoms with Gasteiger partial charge in [-0.2, -0.15) is 0 Å². The molecule has 1 aliphatic heterocycles. The Morgan fingerprint density at radius 3 is 2.03 bits per heavy atom. The molecule has 2 aromatic rings. The molecule has 1 aromatic carbocycles. The number of hydrogen-bond acceptors (Lipinski definition) is 4. The number of benzene rings is 1. The van der Waals surface area contributed by atoms with Crippen LogP contribution < -0.4 is 0 Å². The van der Waals surface area contributed by atoms with Crippen molar-refractivity contribution in [1.82, 2.24) is 9.88 Å². The average molecular weight is 466 g/mol. The van der Waals surface area contributed by atoms with Crippen molar-refractivity contribution >= 4 is 11.5 Å². The van der Waals surface area contributed by atoms with Crippen LogP contribution in [0.25, 0.3) is 0 Å². The van der Waals surface area contributed by atoms with E-state index in [0.29, 0.717) is 17.6 Å². The molecule has 3 rings (SSSR count). The van der Waals surface area contributed by atoms with E-state index < -0.39 is 0 Å². The molecule has 0 N–H and O–H groups in total. The fourth-order valence-corrected chi connectivity index (χ4v) is 4.51. The number of carbonyl (C=O) groups is 1. The van der Waals surface area contributed by atoms with E-state index in [4.69, 9.17) is 0 Å². The number of nitrogens with zero attached hydrogens (tertiary/aromatic N) is 3. The lowest BCUT2D eigenvalue weighted by molar-refractivity contribution is -0.122. The zero-order chi connectivity index (χ0) is 25.2. The summed E-state index contributed by atoms with van der Waals surface area (Å²) in [5.74, 6) is 1.28. The molecule has 2 heterocycles. The van der Waals surface area contributed by atoms with E-state index >= 15 is 0 Å². The van der Waals surface area contributed by atoms with Gasteiger partial charge in [-0.3, -0.25) is 19.7 Å². The van der Waals surface area contributed by atoms with Crippen molar-refractivity contribution in [3.8, 4) is 0 Å². The molecule has 0 unspecified atom stereocenters. The molecule has 34 heavy (non-hydrogen) atoms. The molecule has 0 bridgehead atoms. The Balaban J connectivity index is 0.000000317. The molecule has 1 aliphatic rings. The third-order valence-electron chi connectivity index (χ3n) is 6.29. The fourth-order valence-electron chi connectivity index (χ4n) is 4.51. The summed E-state index contributed by atoms with van der Waals surface area (Å²) in [6, 6.07) is 14.7. The lowest BCUT2D eigenvalue weighted by Crippen LogP contribution is -2.35. The molecule has 188 valence electrons. The van der Waals surface area contributed by atoms with Crippen molar-refractivity contribution in [2.45, 2.75) is 79.7 Å². The number of piperidine rings is 1. The van der Waals surface area contributed by atoms with Crippen molar-refractivity contribution in [3.63, 3.8) is 0 Å². The smallest absolute Gasteiger partial charge is 0.133 e. The van der Waals surface area contributed by atoms with Gasteiger partial charge in [-0.05, 0) is 69.0 Å². The molecule has 4 nitrogen and oxygen atoms in total. The van der Waals surface area contributed by atoms with Gasteiger partial charge >= 0.3 is 0 Å². The average Bonchev–Trinajstić information content (AvgIpc) is 2.88. The third-order valence-corrected chi connectivity index (χ3v) is 6.29. The first-order valence-electron chi connectivity index (χ1n) is 13.2. The van der Waals surface area contributed by atoms with Gasteiger partial charge in [-0.1, -0.05) is 70.9 Å². The van der Waals surface area contributed by atoms with Crippen molar-refractivity contribution in [2.24, 2.45) is 16.8 Å². The summed E-state index contributed by atoms with van der Waals surface area (Å²) >= 11 is 0. The van der Waals surface area contributed by atoms with E-state index in [9.17, 15) is 4.79 Å². The first kappa shape index (κ1) is 29.7. The van der Waals surface area contributed by atoms with Crippen LogP contribution in [0.4, 0.5) is 0 Å². The minimum atomic E-state index is 0.300. The van der Waals surface area contributed by atoms with Crippen LogP contribution in [0.3, 0.4) is 0 Å². The Bertz CT molecular complexity index is 790. The number of pyridine rings is 1. The van der Waals surface area contributed by atoms with Crippen LogP contribution in [0.15, 0.2) is 59.9 Å². The van der Waals surface area contributed by atoms with E-state index in [-0.39, 0.29) is 0 Å². The van der Waals surface area contributed by atoms with E-state index in [1.54, 1.807) is 6.92 Å². The molecule has 0 aliphatic carbocycles. The van der Waals surface area contributed by atoms with Crippen LogP contribution in [0.5, 0.6) is 0 Å². The molecule has 0 saturated carbocycles. The first-order valence-corrected chi connectivity index (χ1v) is 13.2. The second kappa shape index (κ2) is 18.1. The monoisotopic (exact) mass is 465 g/mol. The Morgan fingerprint density at radius 1 is 1.00 bits per heavy atom. The van der Waals surface area contributed by atoms with Gasteiger partial charge in [0.25, 0.3) is 0 Å². The van der Waals surface area contributed by atoms with Gasteiger partial charge in [0.05, 0.1) is 0 Å². The van der Waals surface area contributed by atoms with Gasteiger partial charge < -0.3 is 0 Å². The second-order valence-corrected chi connectivity index (χ2v) is 8.77. The Hall–Kier alpha value is -2.33. The Labute approximate surface area is 208 Å². The molecule has 0 radical (unpaired) electrons. The van der Waals surface area contributed by atoms with Crippen LogP contribution in [0, 0.1) is 11.8 Å². The molecule has 1 fully saturated rings. The van der Waals surface area contributed by atoms with Crippen LogP contribution in [0.1, 0.15) is 84.3 Å². The number of aliphatic imine (C=N–C) groups is 1. The quantitative estimate of drug-likeness (QED) is 0.367. The molecule has 1 aromatic heterocycles. The van der Waals surface area contributed by atoms with Crippen LogP contribution in [0.2, 0.25) is 0 Å².